The highest BCUT2D eigenvalue weighted by atomic mass is 16.2. The maximum atomic E-state index is 11.7. The molecule has 0 saturated heterocycles. The second-order valence-corrected chi connectivity index (χ2v) is 6.51. The molecule has 0 unspecified atom stereocenters. The first-order valence-electron chi connectivity index (χ1n) is 9.78. The van der Waals surface area contributed by atoms with Crippen molar-refractivity contribution in [2.45, 2.75) is 84.0 Å². The zero-order chi connectivity index (χ0) is 17.3. The summed E-state index contributed by atoms with van der Waals surface area (Å²) in [6.45, 7) is 3.01. The van der Waals surface area contributed by atoms with Crippen LogP contribution < -0.4 is 10.6 Å². The lowest BCUT2D eigenvalue weighted by molar-refractivity contribution is 0.252. The summed E-state index contributed by atoms with van der Waals surface area (Å²) in [4.78, 5) is 15.6. The molecule has 1 rings (SSSR count). The Bertz CT molecular complexity index is 409. The average Bonchev–Trinajstić information content (AvgIpc) is 2.60. The van der Waals surface area contributed by atoms with Crippen LogP contribution in [0.4, 0.5) is 10.5 Å². The van der Waals surface area contributed by atoms with E-state index in [1.165, 1.54) is 70.6 Å². The predicted octanol–water partition coefficient (Wildman–Crippen LogP) is 5.90. The minimum atomic E-state index is -0.135. The van der Waals surface area contributed by atoms with E-state index in [2.05, 4.69) is 22.5 Å². The van der Waals surface area contributed by atoms with Gasteiger partial charge in [-0.05, 0) is 18.6 Å². The Morgan fingerprint density at radius 1 is 0.833 bits per heavy atom. The van der Waals surface area contributed by atoms with Gasteiger partial charge in [0.25, 0.3) is 0 Å². The molecule has 1 heterocycles. The topological polar surface area (TPSA) is 54.0 Å². The Morgan fingerprint density at radius 2 is 1.33 bits per heavy atom. The molecule has 0 aliphatic rings. The van der Waals surface area contributed by atoms with E-state index in [1.807, 2.05) is 0 Å². The van der Waals surface area contributed by atoms with E-state index in [4.69, 9.17) is 0 Å². The van der Waals surface area contributed by atoms with Crippen LogP contribution in [0, 0.1) is 0 Å². The maximum Gasteiger partial charge on any atom is 0.319 e. The number of carbonyl (C=O) groups excluding carboxylic acids is 1. The highest BCUT2D eigenvalue weighted by molar-refractivity contribution is 5.88. The Balaban J connectivity index is 1.81. The summed E-state index contributed by atoms with van der Waals surface area (Å²) in [7, 11) is 0. The molecule has 4 nitrogen and oxygen atoms in total. The van der Waals surface area contributed by atoms with Crippen LogP contribution in [0.15, 0.2) is 24.5 Å². The molecule has 4 heteroatoms. The molecule has 0 aliphatic heterocycles. The number of unbranched alkanes of at least 4 members (excludes halogenated alkanes) is 11. The van der Waals surface area contributed by atoms with E-state index >= 15 is 0 Å². The molecule has 0 fully saturated rings. The number of urea groups is 1. The summed E-state index contributed by atoms with van der Waals surface area (Å²) >= 11 is 0. The van der Waals surface area contributed by atoms with E-state index in [1.54, 1.807) is 24.5 Å². The summed E-state index contributed by atoms with van der Waals surface area (Å²) in [5, 5.41) is 5.69. The Morgan fingerprint density at radius 3 is 1.88 bits per heavy atom. The number of rotatable bonds is 14. The molecule has 0 bridgehead atoms. The molecule has 0 radical (unpaired) electrons. The monoisotopic (exact) mass is 333 g/mol. The number of carbonyl (C=O) groups is 1. The highest BCUT2D eigenvalue weighted by Crippen LogP contribution is 2.11. The van der Waals surface area contributed by atoms with E-state index in [0.717, 1.165) is 18.7 Å². The summed E-state index contributed by atoms with van der Waals surface area (Å²) in [5.41, 5.74) is 0.775. The number of amides is 2. The minimum Gasteiger partial charge on any atom is -0.338 e. The third-order valence-electron chi connectivity index (χ3n) is 4.25. The van der Waals surface area contributed by atoms with Crippen molar-refractivity contribution >= 4 is 11.7 Å². The molecule has 1 aromatic rings. The molecule has 0 saturated carbocycles. The van der Waals surface area contributed by atoms with Crippen molar-refractivity contribution in [2.75, 3.05) is 11.9 Å². The number of nitrogens with one attached hydrogen (secondary N) is 2. The van der Waals surface area contributed by atoms with Crippen LogP contribution in [-0.2, 0) is 0 Å². The third kappa shape index (κ3) is 11.9. The van der Waals surface area contributed by atoms with Crippen LogP contribution >= 0.6 is 0 Å². The maximum absolute atomic E-state index is 11.7. The summed E-state index contributed by atoms with van der Waals surface area (Å²) < 4.78 is 0. The van der Waals surface area contributed by atoms with E-state index in [0.29, 0.717) is 0 Å². The summed E-state index contributed by atoms with van der Waals surface area (Å²) in [6, 6.07) is 3.43. The zero-order valence-corrected chi connectivity index (χ0v) is 15.4. The fourth-order valence-corrected chi connectivity index (χ4v) is 2.78. The van der Waals surface area contributed by atoms with Crippen LogP contribution in [-0.4, -0.2) is 17.6 Å². The minimum absolute atomic E-state index is 0.135. The first kappa shape index (κ1) is 20.5. The molecular formula is C20H35N3O. The Labute approximate surface area is 147 Å². The van der Waals surface area contributed by atoms with Crippen LogP contribution in [0.5, 0.6) is 0 Å². The van der Waals surface area contributed by atoms with Crippen molar-refractivity contribution in [3.05, 3.63) is 24.5 Å². The smallest absolute Gasteiger partial charge is 0.319 e. The molecule has 0 aromatic carbocycles. The number of anilines is 1. The van der Waals surface area contributed by atoms with Crippen LogP contribution in [0.25, 0.3) is 0 Å². The van der Waals surface area contributed by atoms with E-state index in [9.17, 15) is 4.79 Å². The van der Waals surface area contributed by atoms with Gasteiger partial charge in [-0.2, -0.15) is 0 Å². The van der Waals surface area contributed by atoms with Gasteiger partial charge in [-0.25, -0.2) is 4.79 Å². The quantitative estimate of drug-likeness (QED) is 0.416. The second kappa shape index (κ2) is 15.0. The molecule has 0 aliphatic carbocycles. The van der Waals surface area contributed by atoms with E-state index in [-0.39, 0.29) is 6.03 Å². The molecule has 24 heavy (non-hydrogen) atoms. The summed E-state index contributed by atoms with van der Waals surface area (Å²) in [6.07, 6.45) is 19.3. The Kier molecular flexibility index (Phi) is 12.8. The molecule has 0 spiro atoms. The van der Waals surface area contributed by atoms with Crippen molar-refractivity contribution in [2.24, 2.45) is 0 Å². The SMILES string of the molecule is CCCCCCCCCCCCCCNC(=O)Nc1ccncc1. The van der Waals surface area contributed by atoms with Crippen LogP contribution in [0.2, 0.25) is 0 Å². The number of hydrogen-bond donors (Lipinski definition) is 2. The van der Waals surface area contributed by atoms with Gasteiger partial charge in [-0.1, -0.05) is 77.6 Å². The van der Waals surface area contributed by atoms with Crippen molar-refractivity contribution in [1.29, 1.82) is 0 Å². The standard InChI is InChI=1S/C20H35N3O/c1-2-3-4-5-6-7-8-9-10-11-12-13-16-22-20(24)23-19-14-17-21-18-15-19/h14-15,17-18H,2-13,16H2,1H3,(H2,21,22,23,24). The molecule has 136 valence electrons. The zero-order valence-electron chi connectivity index (χ0n) is 15.4. The molecule has 2 N–H and O–H groups in total. The van der Waals surface area contributed by atoms with Gasteiger partial charge in [-0.3, -0.25) is 4.98 Å². The number of nitrogens with zero attached hydrogens (tertiary/aromatic N) is 1. The van der Waals surface area contributed by atoms with Crippen molar-refractivity contribution in [3.8, 4) is 0 Å². The first-order chi connectivity index (χ1) is 11.8. The summed E-state index contributed by atoms with van der Waals surface area (Å²) in [5.74, 6) is 0. The van der Waals surface area contributed by atoms with Gasteiger partial charge in [0.15, 0.2) is 0 Å². The molecule has 2 amide bonds. The average molecular weight is 334 g/mol. The lowest BCUT2D eigenvalue weighted by Gasteiger charge is -2.07. The number of aromatic nitrogens is 1. The third-order valence-corrected chi connectivity index (χ3v) is 4.25. The predicted molar refractivity (Wildman–Crippen MR) is 102 cm³/mol. The molecule has 0 atom stereocenters. The van der Waals surface area contributed by atoms with Crippen molar-refractivity contribution < 1.29 is 4.79 Å². The molecule has 1 aromatic heterocycles. The van der Waals surface area contributed by atoms with E-state index < -0.39 is 0 Å². The van der Waals surface area contributed by atoms with Gasteiger partial charge in [0, 0.05) is 24.6 Å². The first-order valence-corrected chi connectivity index (χ1v) is 9.78. The molecular weight excluding hydrogens is 298 g/mol. The van der Waals surface area contributed by atoms with Crippen molar-refractivity contribution in [3.63, 3.8) is 0 Å². The van der Waals surface area contributed by atoms with Gasteiger partial charge in [0.05, 0.1) is 0 Å². The lowest BCUT2D eigenvalue weighted by atomic mass is 10.1. The van der Waals surface area contributed by atoms with Crippen molar-refractivity contribution in [1.82, 2.24) is 10.3 Å². The van der Waals surface area contributed by atoms with Crippen LogP contribution in [0.3, 0.4) is 0 Å². The fraction of sp³-hybridized carbons (Fsp3) is 0.700. The number of hydrogen-bond acceptors (Lipinski definition) is 2. The Hall–Kier alpha value is -1.58. The van der Waals surface area contributed by atoms with Gasteiger partial charge < -0.3 is 10.6 Å². The second-order valence-electron chi connectivity index (χ2n) is 6.51. The van der Waals surface area contributed by atoms with Gasteiger partial charge in [0.2, 0.25) is 0 Å². The van der Waals surface area contributed by atoms with Crippen LogP contribution in [0.1, 0.15) is 84.0 Å². The fourth-order valence-electron chi connectivity index (χ4n) is 2.78. The van der Waals surface area contributed by atoms with Gasteiger partial charge in [-0.15, -0.1) is 0 Å². The van der Waals surface area contributed by atoms with Gasteiger partial charge in [0.1, 0.15) is 0 Å². The highest BCUT2D eigenvalue weighted by Gasteiger charge is 2.00. The van der Waals surface area contributed by atoms with Gasteiger partial charge >= 0.3 is 6.03 Å². The lowest BCUT2D eigenvalue weighted by Crippen LogP contribution is -2.29. The normalized spacial score (nSPS) is 10.5. The number of pyridine rings is 1. The largest absolute Gasteiger partial charge is 0.338 e.